The summed E-state index contributed by atoms with van der Waals surface area (Å²) < 4.78 is 11.7. The van der Waals surface area contributed by atoms with E-state index in [-0.39, 0.29) is 12.5 Å². The van der Waals surface area contributed by atoms with Crippen LogP contribution in [0.2, 0.25) is 0 Å². The van der Waals surface area contributed by atoms with E-state index in [4.69, 9.17) is 9.47 Å². The molecule has 0 aliphatic rings. The molecule has 1 N–H and O–H groups in total. The number of benzene rings is 1. The number of hydrogen-bond donors (Lipinski definition) is 1. The molecule has 0 heterocycles. The first kappa shape index (κ1) is 25.9. The van der Waals surface area contributed by atoms with Gasteiger partial charge in [-0.2, -0.15) is 0 Å². The third-order valence-electron chi connectivity index (χ3n) is 3.85. The normalized spacial score (nSPS) is 12.3. The van der Waals surface area contributed by atoms with Gasteiger partial charge < -0.3 is 14.4 Å². The number of anilines is 1. The third-order valence-corrected chi connectivity index (χ3v) is 4.37. The zero-order valence-electron chi connectivity index (χ0n) is 18.7. The molecule has 1 aromatic carbocycles. The lowest BCUT2D eigenvalue weighted by Gasteiger charge is -2.28. The molecule has 1 atom stereocenters. The number of rotatable bonds is 9. The first-order valence-corrected chi connectivity index (χ1v) is 10.9. The summed E-state index contributed by atoms with van der Waals surface area (Å²) in [5, 5.41) is 2.63. The van der Waals surface area contributed by atoms with E-state index in [9.17, 15) is 14.4 Å². The molecule has 0 radical (unpaired) electrons. The monoisotopic (exact) mass is 484 g/mol. The highest BCUT2D eigenvalue weighted by molar-refractivity contribution is 9.10. The summed E-state index contributed by atoms with van der Waals surface area (Å²) in [5.41, 5.74) is -0.0886. The van der Waals surface area contributed by atoms with Crippen LogP contribution in [-0.2, 0) is 19.1 Å². The lowest BCUT2D eigenvalue weighted by molar-refractivity contribution is -0.160. The standard InChI is InChI=1S/C22H33BrN2O5/c1-7-12-25(14-19(26)30-22(4,5)6)20(27)18(13-15(2)3)29-21(28)24-17-10-8-16(23)9-11-17/h8-11,15,18H,7,12-14H2,1-6H3,(H,24,28). The number of ether oxygens (including phenoxy) is 2. The van der Waals surface area contributed by atoms with E-state index in [0.717, 1.165) is 4.47 Å². The second-order valence-corrected chi connectivity index (χ2v) is 9.42. The van der Waals surface area contributed by atoms with Crippen molar-refractivity contribution in [2.24, 2.45) is 5.92 Å². The second kappa shape index (κ2) is 11.9. The van der Waals surface area contributed by atoms with Gasteiger partial charge in [-0.3, -0.25) is 14.9 Å². The van der Waals surface area contributed by atoms with Crippen LogP contribution < -0.4 is 5.32 Å². The van der Waals surface area contributed by atoms with Gasteiger partial charge in [0, 0.05) is 16.7 Å². The van der Waals surface area contributed by atoms with Gasteiger partial charge in [-0.15, -0.1) is 0 Å². The van der Waals surface area contributed by atoms with Crippen molar-refractivity contribution in [3.8, 4) is 0 Å². The molecule has 7 nitrogen and oxygen atoms in total. The van der Waals surface area contributed by atoms with E-state index < -0.39 is 29.7 Å². The number of halogens is 1. The Morgan fingerprint density at radius 2 is 1.73 bits per heavy atom. The summed E-state index contributed by atoms with van der Waals surface area (Å²) >= 11 is 3.33. The minimum atomic E-state index is -0.991. The SMILES string of the molecule is CCCN(CC(=O)OC(C)(C)C)C(=O)C(CC(C)C)OC(=O)Nc1ccc(Br)cc1. The molecule has 0 aliphatic heterocycles. The highest BCUT2D eigenvalue weighted by Gasteiger charge is 2.30. The van der Waals surface area contributed by atoms with Crippen LogP contribution in [0.1, 0.15) is 54.4 Å². The molecule has 1 aromatic rings. The van der Waals surface area contributed by atoms with E-state index in [1.807, 2.05) is 20.8 Å². The Bertz CT molecular complexity index is 713. The molecule has 1 unspecified atom stereocenters. The fourth-order valence-electron chi connectivity index (χ4n) is 2.71. The minimum absolute atomic E-state index is 0.115. The van der Waals surface area contributed by atoms with E-state index in [2.05, 4.69) is 21.2 Å². The van der Waals surface area contributed by atoms with Crippen LogP contribution in [0.15, 0.2) is 28.7 Å². The van der Waals surface area contributed by atoms with Crippen molar-refractivity contribution in [3.05, 3.63) is 28.7 Å². The number of esters is 1. The van der Waals surface area contributed by atoms with E-state index in [1.54, 1.807) is 45.0 Å². The molecular formula is C22H33BrN2O5. The van der Waals surface area contributed by atoms with E-state index in [1.165, 1.54) is 4.90 Å². The maximum atomic E-state index is 13.1. The Morgan fingerprint density at radius 1 is 1.13 bits per heavy atom. The third kappa shape index (κ3) is 10.1. The summed E-state index contributed by atoms with van der Waals surface area (Å²) in [5.74, 6) is -0.779. The quantitative estimate of drug-likeness (QED) is 0.498. The van der Waals surface area contributed by atoms with Crippen molar-refractivity contribution in [3.63, 3.8) is 0 Å². The average molecular weight is 485 g/mol. The molecular weight excluding hydrogens is 452 g/mol. The van der Waals surface area contributed by atoms with Crippen molar-refractivity contribution in [1.29, 1.82) is 0 Å². The van der Waals surface area contributed by atoms with Gasteiger partial charge in [0.05, 0.1) is 0 Å². The molecule has 30 heavy (non-hydrogen) atoms. The topological polar surface area (TPSA) is 84.9 Å². The van der Waals surface area contributed by atoms with Crippen molar-refractivity contribution in [2.75, 3.05) is 18.4 Å². The number of carbonyl (C=O) groups excluding carboxylic acids is 3. The molecule has 1 rings (SSSR count). The number of amides is 2. The summed E-state index contributed by atoms with van der Waals surface area (Å²) in [7, 11) is 0. The summed E-state index contributed by atoms with van der Waals surface area (Å²) in [6, 6.07) is 7.01. The fourth-order valence-corrected chi connectivity index (χ4v) is 2.97. The summed E-state index contributed by atoms with van der Waals surface area (Å²) in [6.45, 7) is 11.3. The predicted octanol–water partition coefficient (Wildman–Crippen LogP) is 4.99. The van der Waals surface area contributed by atoms with Crippen LogP contribution in [0.4, 0.5) is 10.5 Å². The zero-order valence-corrected chi connectivity index (χ0v) is 20.2. The highest BCUT2D eigenvalue weighted by atomic mass is 79.9. The molecule has 0 saturated heterocycles. The largest absolute Gasteiger partial charge is 0.459 e. The van der Waals surface area contributed by atoms with Crippen molar-refractivity contribution in [1.82, 2.24) is 4.90 Å². The van der Waals surface area contributed by atoms with Gasteiger partial charge in [-0.05, 0) is 63.8 Å². The lowest BCUT2D eigenvalue weighted by atomic mass is 10.0. The van der Waals surface area contributed by atoms with Crippen molar-refractivity contribution >= 4 is 39.6 Å². The summed E-state index contributed by atoms with van der Waals surface area (Å²) in [4.78, 5) is 39.1. The molecule has 0 aliphatic carbocycles. The van der Waals surface area contributed by atoms with Gasteiger partial charge >= 0.3 is 12.1 Å². The first-order chi connectivity index (χ1) is 13.9. The maximum Gasteiger partial charge on any atom is 0.412 e. The Kier molecular flexibility index (Phi) is 10.3. The second-order valence-electron chi connectivity index (χ2n) is 8.50. The Hall–Kier alpha value is -2.09. The molecule has 8 heteroatoms. The lowest BCUT2D eigenvalue weighted by Crippen LogP contribution is -2.46. The van der Waals surface area contributed by atoms with Crippen molar-refractivity contribution < 1.29 is 23.9 Å². The minimum Gasteiger partial charge on any atom is -0.459 e. The zero-order chi connectivity index (χ0) is 22.9. The molecule has 0 aromatic heterocycles. The van der Waals surface area contributed by atoms with Gasteiger partial charge in [0.1, 0.15) is 12.1 Å². The molecule has 168 valence electrons. The van der Waals surface area contributed by atoms with Gasteiger partial charge in [0.2, 0.25) is 0 Å². The van der Waals surface area contributed by atoms with Crippen molar-refractivity contribution in [2.45, 2.75) is 66.1 Å². The number of carbonyl (C=O) groups is 3. The molecule has 0 spiro atoms. The number of nitrogens with one attached hydrogen (secondary N) is 1. The van der Waals surface area contributed by atoms with Gasteiger partial charge in [-0.25, -0.2) is 4.79 Å². The Balaban J connectivity index is 2.88. The maximum absolute atomic E-state index is 13.1. The molecule has 0 saturated carbocycles. The molecule has 2 amide bonds. The number of nitrogens with zero attached hydrogens (tertiary/aromatic N) is 1. The summed E-state index contributed by atoms with van der Waals surface area (Å²) in [6.07, 6.45) is -0.700. The van der Waals surface area contributed by atoms with Gasteiger partial charge in [0.15, 0.2) is 6.10 Å². The Morgan fingerprint density at radius 3 is 2.23 bits per heavy atom. The van der Waals surface area contributed by atoms with Crippen LogP contribution >= 0.6 is 15.9 Å². The van der Waals surface area contributed by atoms with Crippen LogP contribution in [0.3, 0.4) is 0 Å². The van der Waals surface area contributed by atoms with E-state index >= 15 is 0 Å². The van der Waals surface area contributed by atoms with Gasteiger partial charge in [-0.1, -0.05) is 36.7 Å². The van der Waals surface area contributed by atoms with Crippen LogP contribution in [0.25, 0.3) is 0 Å². The number of hydrogen-bond acceptors (Lipinski definition) is 5. The highest BCUT2D eigenvalue weighted by Crippen LogP contribution is 2.17. The van der Waals surface area contributed by atoms with Crippen LogP contribution in [0.5, 0.6) is 0 Å². The Labute approximate surface area is 187 Å². The van der Waals surface area contributed by atoms with Gasteiger partial charge in [0.25, 0.3) is 5.91 Å². The van der Waals surface area contributed by atoms with Crippen LogP contribution in [0, 0.1) is 5.92 Å². The molecule has 0 fully saturated rings. The first-order valence-electron chi connectivity index (χ1n) is 10.1. The molecule has 0 bridgehead atoms. The smallest absolute Gasteiger partial charge is 0.412 e. The van der Waals surface area contributed by atoms with Crippen LogP contribution in [-0.4, -0.2) is 47.7 Å². The fraction of sp³-hybridized carbons (Fsp3) is 0.591. The predicted molar refractivity (Wildman–Crippen MR) is 120 cm³/mol. The van der Waals surface area contributed by atoms with E-state index in [0.29, 0.717) is 25.1 Å². The average Bonchev–Trinajstić information content (AvgIpc) is 2.60.